The highest BCUT2D eigenvalue weighted by Gasteiger charge is 2.53. The van der Waals surface area contributed by atoms with E-state index in [1.54, 1.807) is 86.8 Å². The maximum Gasteiger partial charge on any atom is 0.308 e. The summed E-state index contributed by atoms with van der Waals surface area (Å²) >= 11 is 0. The van der Waals surface area contributed by atoms with Crippen molar-refractivity contribution in [2.24, 2.45) is 17.8 Å². The Morgan fingerprint density at radius 3 is 1.89 bits per heavy atom. The van der Waals surface area contributed by atoms with Gasteiger partial charge in [0.2, 0.25) is 11.7 Å². The van der Waals surface area contributed by atoms with E-state index in [1.165, 1.54) is 17.9 Å². The number of aliphatic hydroxyl groups is 14. The standard InChI is InChI=1S/C57H90N2O22/c1-33-17-15-13-11-9-7-5-6-8-10-12-14-16-18-40(80-55-52(71)48(50(69)36(4)79-55)58-32-57(75)53(72)51(70)44(66)31-77-57)28-45-47(54(73)59-21-23-76-24-22-59)43(65)30-56(74,81-45)29-39(62)26-42(64)41(63)20-19-37(60)25-38(61)27-46(67)78-35(3)34(2)49(33)68/h5-18,33-45,47-53,55,58,60-66,68-72,74-75H,19-32H2,1-4H3/b6-5+,9-7+,10-8+,13-11+,14-12+,17-15+,18-16+/t33-,34?,35-,36+,37+,38+,39-,40-,41+,42+,43-,44+,45?,47?,48-,49+,50+,51+,52-,53-,55-,56+,57+/m0/s1. The lowest BCUT2D eigenvalue weighted by molar-refractivity contribution is -0.323. The van der Waals surface area contributed by atoms with E-state index in [0.717, 1.165) is 0 Å². The highest BCUT2D eigenvalue weighted by Crippen LogP contribution is 2.39. The van der Waals surface area contributed by atoms with Gasteiger partial charge < -0.3 is 110 Å². The highest BCUT2D eigenvalue weighted by atomic mass is 16.7. The zero-order chi connectivity index (χ0) is 59.6. The molecule has 4 saturated heterocycles. The normalized spacial score (nSPS) is 45.8. The molecule has 0 saturated carbocycles. The van der Waals surface area contributed by atoms with Crippen molar-refractivity contribution in [3.05, 3.63) is 85.1 Å². The summed E-state index contributed by atoms with van der Waals surface area (Å²) in [6.07, 6.45) is -2.91. The Kier molecular flexibility index (Phi) is 27.4. The molecular weight excluding hydrogens is 1060 g/mol. The number of rotatable bonds is 6. The molecule has 4 fully saturated rings. The van der Waals surface area contributed by atoms with Crippen LogP contribution in [-0.4, -0.2) is 249 Å². The maximum atomic E-state index is 14.4. The fraction of sp³-hybridized carbons (Fsp3) is 0.719. The van der Waals surface area contributed by atoms with E-state index < -0.39 is 184 Å². The summed E-state index contributed by atoms with van der Waals surface area (Å²) in [5.74, 6) is -8.22. The number of cyclic esters (lactones) is 1. The summed E-state index contributed by atoms with van der Waals surface area (Å²) in [5, 5.41) is 157. The molecular formula is C57H90N2O22. The zero-order valence-electron chi connectivity index (χ0n) is 46.6. The van der Waals surface area contributed by atoms with E-state index in [-0.39, 0.29) is 57.9 Å². The van der Waals surface area contributed by atoms with Crippen LogP contribution < -0.4 is 5.32 Å². The van der Waals surface area contributed by atoms with E-state index in [0.29, 0.717) is 0 Å². The predicted octanol–water partition coefficient (Wildman–Crippen LogP) is -2.08. The molecule has 24 heteroatoms. The number of hydrogen-bond acceptors (Lipinski definition) is 23. The number of esters is 1. The number of fused-ring (bicyclic) bond motifs is 2. The Hall–Kier alpha value is -3.68. The zero-order valence-corrected chi connectivity index (χ0v) is 46.6. The molecule has 5 aliphatic heterocycles. The molecule has 2 bridgehead atoms. The van der Waals surface area contributed by atoms with Crippen LogP contribution in [0.4, 0.5) is 0 Å². The van der Waals surface area contributed by atoms with Crippen molar-refractivity contribution < 1.29 is 110 Å². The van der Waals surface area contributed by atoms with Gasteiger partial charge in [-0.1, -0.05) is 98.9 Å². The fourth-order valence-electron chi connectivity index (χ4n) is 10.5. The van der Waals surface area contributed by atoms with Crippen molar-refractivity contribution in [1.82, 2.24) is 10.2 Å². The number of carbonyl (C=O) groups is 2. The van der Waals surface area contributed by atoms with Gasteiger partial charge in [0, 0.05) is 50.6 Å². The van der Waals surface area contributed by atoms with Crippen molar-refractivity contribution in [2.45, 2.75) is 201 Å². The summed E-state index contributed by atoms with van der Waals surface area (Å²) in [4.78, 5) is 28.6. The van der Waals surface area contributed by atoms with Crippen LogP contribution in [0.2, 0.25) is 0 Å². The lowest BCUT2D eigenvalue weighted by Gasteiger charge is -2.47. The summed E-state index contributed by atoms with van der Waals surface area (Å²) in [6.45, 7) is 6.27. The lowest BCUT2D eigenvalue weighted by atomic mass is 9.81. The van der Waals surface area contributed by atoms with E-state index in [9.17, 15) is 81.1 Å². The molecule has 0 aromatic heterocycles. The van der Waals surface area contributed by atoms with E-state index in [4.69, 9.17) is 28.4 Å². The number of hydrogen-bond donors (Lipinski definition) is 15. The Morgan fingerprint density at radius 2 is 1.26 bits per heavy atom. The highest BCUT2D eigenvalue weighted by molar-refractivity contribution is 5.80. The first-order valence-corrected chi connectivity index (χ1v) is 28.0. The molecule has 460 valence electrons. The van der Waals surface area contributed by atoms with E-state index in [1.807, 2.05) is 13.0 Å². The molecule has 1 amide bonds. The van der Waals surface area contributed by atoms with Gasteiger partial charge in [-0.05, 0) is 33.1 Å². The predicted molar refractivity (Wildman–Crippen MR) is 289 cm³/mol. The number of amides is 1. The first-order valence-electron chi connectivity index (χ1n) is 28.0. The van der Waals surface area contributed by atoms with Crippen molar-refractivity contribution in [1.29, 1.82) is 0 Å². The molecule has 23 atom stereocenters. The van der Waals surface area contributed by atoms with Gasteiger partial charge >= 0.3 is 5.97 Å². The third-order valence-corrected chi connectivity index (χ3v) is 15.6. The molecule has 15 N–H and O–H groups in total. The Morgan fingerprint density at radius 1 is 0.654 bits per heavy atom. The topological polar surface area (TPSA) is 388 Å². The quantitative estimate of drug-likeness (QED) is 0.127. The second kappa shape index (κ2) is 32.6. The molecule has 3 unspecified atom stereocenters. The average Bonchev–Trinajstić information content (AvgIpc) is 3.52. The van der Waals surface area contributed by atoms with Gasteiger partial charge in [0.15, 0.2) is 12.1 Å². The number of ether oxygens (including phenoxy) is 6. The minimum Gasteiger partial charge on any atom is -0.462 e. The van der Waals surface area contributed by atoms with Crippen molar-refractivity contribution in [3.63, 3.8) is 0 Å². The minimum absolute atomic E-state index is 0.129. The summed E-state index contributed by atoms with van der Waals surface area (Å²) in [7, 11) is 0. The van der Waals surface area contributed by atoms with Gasteiger partial charge in [-0.3, -0.25) is 9.59 Å². The molecule has 0 aromatic carbocycles. The van der Waals surface area contributed by atoms with Gasteiger partial charge in [0.25, 0.3) is 0 Å². The van der Waals surface area contributed by atoms with Crippen LogP contribution in [0, 0.1) is 17.8 Å². The number of allylic oxidation sites excluding steroid dienone is 12. The number of morpholine rings is 1. The Labute approximate surface area is 473 Å². The number of nitrogens with one attached hydrogen (secondary N) is 1. The Bertz CT molecular complexity index is 2140. The fourth-order valence-corrected chi connectivity index (χ4v) is 10.5. The largest absolute Gasteiger partial charge is 0.462 e. The monoisotopic (exact) mass is 1150 g/mol. The first-order chi connectivity index (χ1) is 38.3. The van der Waals surface area contributed by atoms with Gasteiger partial charge in [0.05, 0.1) is 112 Å². The minimum atomic E-state index is -2.46. The second-order valence-corrected chi connectivity index (χ2v) is 22.2. The van der Waals surface area contributed by atoms with Crippen LogP contribution in [0.3, 0.4) is 0 Å². The smallest absolute Gasteiger partial charge is 0.308 e. The van der Waals surface area contributed by atoms with E-state index >= 15 is 0 Å². The second-order valence-electron chi connectivity index (χ2n) is 22.2. The van der Waals surface area contributed by atoms with Crippen LogP contribution in [0.25, 0.3) is 0 Å². The van der Waals surface area contributed by atoms with Crippen LogP contribution in [0.15, 0.2) is 85.1 Å². The number of aliphatic hydroxyl groups excluding tert-OH is 12. The summed E-state index contributed by atoms with van der Waals surface area (Å²) in [6, 6.07) is -1.34. The Balaban J connectivity index is 1.42. The van der Waals surface area contributed by atoms with Gasteiger partial charge in [-0.15, -0.1) is 0 Å². The molecule has 5 heterocycles. The molecule has 81 heavy (non-hydrogen) atoms. The summed E-state index contributed by atoms with van der Waals surface area (Å²) < 4.78 is 34.9. The van der Waals surface area contributed by atoms with E-state index in [2.05, 4.69) is 5.32 Å². The van der Waals surface area contributed by atoms with Crippen LogP contribution in [0.5, 0.6) is 0 Å². The van der Waals surface area contributed by atoms with Gasteiger partial charge in [-0.25, -0.2) is 0 Å². The van der Waals surface area contributed by atoms with Crippen molar-refractivity contribution >= 4 is 11.9 Å². The van der Waals surface area contributed by atoms with Crippen LogP contribution >= 0.6 is 0 Å². The molecule has 0 aromatic rings. The van der Waals surface area contributed by atoms with Gasteiger partial charge in [0.1, 0.15) is 30.5 Å². The number of nitrogens with zero attached hydrogens (tertiary/aromatic N) is 1. The van der Waals surface area contributed by atoms with Crippen LogP contribution in [0.1, 0.15) is 79.1 Å². The third-order valence-electron chi connectivity index (χ3n) is 15.6. The molecule has 5 aliphatic rings. The maximum absolute atomic E-state index is 14.4. The molecule has 0 spiro atoms. The SMILES string of the molecule is CC1[C@H](C)OC(=O)C[C@H](O)C[C@H](O)CC[C@@H](O)[C@H](O)C[C@H](O)C[C@]2(O)C[C@H](O)C(C(=O)N3CCOCC3)C(C[C@@H](O[C@@H]3O[C@H](C)[C@@H](O)[C@H](NC[C@@]4(O)OC[C@@H](O)[C@@H](O)[C@@H]4O)[C@@H]3O)/C=C/C=C/C=C/C=C/C=C/C=C/C=C/[C@H](C)[C@H]1O)O2. The third kappa shape index (κ3) is 20.5. The average molecular weight is 1160 g/mol. The van der Waals surface area contributed by atoms with Crippen molar-refractivity contribution in [3.8, 4) is 0 Å². The molecule has 0 radical (unpaired) electrons. The molecule has 0 aliphatic carbocycles. The lowest BCUT2D eigenvalue weighted by Crippen LogP contribution is -2.69. The van der Waals surface area contributed by atoms with Crippen LogP contribution in [-0.2, 0) is 38.0 Å². The first kappa shape index (κ1) is 68.1. The van der Waals surface area contributed by atoms with Gasteiger partial charge in [-0.2, -0.15) is 0 Å². The molecule has 5 rings (SSSR count). The summed E-state index contributed by atoms with van der Waals surface area (Å²) in [5.41, 5.74) is 0. The molecule has 24 nitrogen and oxygen atoms in total. The number of carbonyl (C=O) groups excluding carboxylic acids is 2. The van der Waals surface area contributed by atoms with Crippen molar-refractivity contribution in [2.75, 3.05) is 39.5 Å².